The monoisotopic (exact) mass is 408 g/mol. The van der Waals surface area contributed by atoms with Crippen LogP contribution in [-0.4, -0.2) is 50.3 Å². The third-order valence-electron chi connectivity index (χ3n) is 4.96. The van der Waals surface area contributed by atoms with Crippen molar-refractivity contribution in [2.75, 3.05) is 39.5 Å². The molecule has 25 heavy (non-hydrogen) atoms. The molecule has 0 saturated carbocycles. The summed E-state index contributed by atoms with van der Waals surface area (Å²) in [5.41, 5.74) is 6.39. The Morgan fingerprint density at radius 3 is 2.60 bits per heavy atom. The van der Waals surface area contributed by atoms with Gasteiger partial charge >= 0.3 is 0 Å². The number of halogens is 3. The Kier molecular flexibility index (Phi) is 7.38. The maximum Gasteiger partial charge on any atom is 0.230 e. The fourth-order valence-electron chi connectivity index (χ4n) is 3.35. The lowest BCUT2D eigenvalue weighted by molar-refractivity contribution is -0.154. The van der Waals surface area contributed by atoms with E-state index < -0.39 is 5.41 Å². The van der Waals surface area contributed by atoms with Gasteiger partial charge in [0.1, 0.15) is 6.10 Å². The highest BCUT2D eigenvalue weighted by atomic mass is 35.5. The summed E-state index contributed by atoms with van der Waals surface area (Å²) in [5.74, 6) is 0.113. The summed E-state index contributed by atoms with van der Waals surface area (Å²) in [6.45, 7) is 3.10. The van der Waals surface area contributed by atoms with Gasteiger partial charge < -0.3 is 20.1 Å². The largest absolute Gasteiger partial charge is 0.381 e. The molecule has 5 nitrogen and oxygen atoms in total. The topological polar surface area (TPSA) is 64.8 Å². The number of benzene rings is 1. The molecule has 0 bridgehead atoms. The second kappa shape index (κ2) is 8.89. The predicted molar refractivity (Wildman–Crippen MR) is 101 cm³/mol. The van der Waals surface area contributed by atoms with E-state index in [0.29, 0.717) is 62.3 Å². The Morgan fingerprint density at radius 2 is 1.96 bits per heavy atom. The highest BCUT2D eigenvalue weighted by Crippen LogP contribution is 2.34. The molecule has 0 aliphatic carbocycles. The Labute approximate surface area is 164 Å². The van der Waals surface area contributed by atoms with Crippen LogP contribution in [0, 0.1) is 5.41 Å². The molecule has 3 rings (SSSR count). The van der Waals surface area contributed by atoms with Crippen LogP contribution < -0.4 is 5.73 Å². The zero-order valence-electron chi connectivity index (χ0n) is 13.9. The minimum absolute atomic E-state index is 0. The molecule has 1 amide bonds. The van der Waals surface area contributed by atoms with Crippen molar-refractivity contribution in [3.8, 4) is 0 Å². The summed E-state index contributed by atoms with van der Waals surface area (Å²) >= 11 is 12.1. The van der Waals surface area contributed by atoms with Gasteiger partial charge in [-0.05, 0) is 30.5 Å². The van der Waals surface area contributed by atoms with Gasteiger partial charge in [-0.3, -0.25) is 4.79 Å². The molecule has 8 heteroatoms. The van der Waals surface area contributed by atoms with Crippen molar-refractivity contribution < 1.29 is 14.3 Å². The summed E-state index contributed by atoms with van der Waals surface area (Å²) in [4.78, 5) is 15.0. The van der Waals surface area contributed by atoms with E-state index in [4.69, 9.17) is 38.4 Å². The van der Waals surface area contributed by atoms with Crippen molar-refractivity contribution in [2.45, 2.75) is 18.9 Å². The van der Waals surface area contributed by atoms with Gasteiger partial charge in [0.2, 0.25) is 5.91 Å². The molecule has 2 aliphatic heterocycles. The summed E-state index contributed by atoms with van der Waals surface area (Å²) in [6.07, 6.45) is 1.15. The zero-order chi connectivity index (χ0) is 17.2. The van der Waals surface area contributed by atoms with Crippen LogP contribution in [0.1, 0.15) is 24.5 Å². The smallest absolute Gasteiger partial charge is 0.230 e. The second-order valence-electron chi connectivity index (χ2n) is 6.38. The molecular weight excluding hydrogens is 387 g/mol. The Hall–Kier alpha value is -0.560. The molecule has 2 heterocycles. The molecule has 0 aromatic heterocycles. The van der Waals surface area contributed by atoms with Crippen LogP contribution in [0.15, 0.2) is 18.2 Å². The lowest BCUT2D eigenvalue weighted by atomic mass is 9.78. The minimum atomic E-state index is -0.502. The van der Waals surface area contributed by atoms with E-state index in [9.17, 15) is 4.79 Å². The van der Waals surface area contributed by atoms with Crippen molar-refractivity contribution >= 4 is 41.5 Å². The number of hydrogen-bond acceptors (Lipinski definition) is 4. The number of rotatable bonds is 3. The van der Waals surface area contributed by atoms with Crippen LogP contribution in [0.25, 0.3) is 0 Å². The second-order valence-corrected chi connectivity index (χ2v) is 7.20. The summed E-state index contributed by atoms with van der Waals surface area (Å²) < 4.78 is 11.2. The van der Waals surface area contributed by atoms with Gasteiger partial charge in [0.05, 0.1) is 28.6 Å². The van der Waals surface area contributed by atoms with Crippen molar-refractivity contribution in [3.63, 3.8) is 0 Å². The third kappa shape index (κ3) is 4.41. The molecule has 2 aliphatic rings. The molecule has 1 aromatic rings. The number of carbonyl (C=O) groups excluding carboxylic acids is 1. The van der Waals surface area contributed by atoms with Gasteiger partial charge in [-0.2, -0.15) is 0 Å². The van der Waals surface area contributed by atoms with Gasteiger partial charge in [0, 0.05) is 26.3 Å². The predicted octanol–water partition coefficient (Wildman–Crippen LogP) is 3.07. The number of carbonyl (C=O) groups is 1. The van der Waals surface area contributed by atoms with Gasteiger partial charge in [0.25, 0.3) is 0 Å². The first-order chi connectivity index (χ1) is 11.6. The third-order valence-corrected chi connectivity index (χ3v) is 5.70. The fraction of sp³-hybridized carbons (Fsp3) is 0.588. The van der Waals surface area contributed by atoms with Crippen molar-refractivity contribution in [2.24, 2.45) is 11.1 Å². The lowest BCUT2D eigenvalue weighted by Crippen LogP contribution is -2.54. The first-order valence-corrected chi connectivity index (χ1v) is 8.95. The van der Waals surface area contributed by atoms with Gasteiger partial charge in [0.15, 0.2) is 0 Å². The molecule has 0 spiro atoms. The number of hydrogen-bond donors (Lipinski definition) is 1. The van der Waals surface area contributed by atoms with Crippen LogP contribution in [0.4, 0.5) is 0 Å². The maximum absolute atomic E-state index is 13.1. The van der Waals surface area contributed by atoms with Crippen molar-refractivity contribution in [1.29, 1.82) is 0 Å². The Morgan fingerprint density at radius 1 is 1.24 bits per heavy atom. The summed E-state index contributed by atoms with van der Waals surface area (Å²) in [6, 6.07) is 5.44. The van der Waals surface area contributed by atoms with Crippen LogP contribution in [0.3, 0.4) is 0 Å². The first-order valence-electron chi connectivity index (χ1n) is 8.19. The van der Waals surface area contributed by atoms with Gasteiger partial charge in [-0.15, -0.1) is 12.4 Å². The van der Waals surface area contributed by atoms with E-state index in [1.165, 1.54) is 0 Å². The van der Waals surface area contributed by atoms with Crippen LogP contribution >= 0.6 is 35.6 Å². The molecule has 1 aromatic carbocycles. The van der Waals surface area contributed by atoms with Crippen molar-refractivity contribution in [1.82, 2.24) is 4.90 Å². The summed E-state index contributed by atoms with van der Waals surface area (Å²) in [5, 5.41) is 0.998. The SMILES string of the molecule is Cl.NCC1(C(=O)N2CCOC(c3ccc(Cl)c(Cl)c3)C2)CCOCC1. The van der Waals surface area contributed by atoms with E-state index in [2.05, 4.69) is 0 Å². The molecule has 1 atom stereocenters. The lowest BCUT2D eigenvalue weighted by Gasteiger charge is -2.42. The Balaban J connectivity index is 0.00000225. The molecule has 2 N–H and O–H groups in total. The normalized spacial score (nSPS) is 23.0. The number of nitrogens with two attached hydrogens (primary N) is 1. The quantitative estimate of drug-likeness (QED) is 0.833. The Bertz CT molecular complexity index is 609. The average molecular weight is 410 g/mol. The first kappa shape index (κ1) is 20.7. The molecule has 2 fully saturated rings. The fourth-order valence-corrected chi connectivity index (χ4v) is 3.66. The van der Waals surface area contributed by atoms with E-state index in [-0.39, 0.29) is 24.4 Å². The van der Waals surface area contributed by atoms with Gasteiger partial charge in [-0.25, -0.2) is 0 Å². The van der Waals surface area contributed by atoms with Crippen LogP contribution in [-0.2, 0) is 14.3 Å². The number of morpholine rings is 1. The van der Waals surface area contributed by atoms with Gasteiger partial charge in [-0.1, -0.05) is 29.3 Å². The summed E-state index contributed by atoms with van der Waals surface area (Å²) in [7, 11) is 0. The highest BCUT2D eigenvalue weighted by Gasteiger charge is 2.42. The number of amides is 1. The molecule has 140 valence electrons. The minimum Gasteiger partial charge on any atom is -0.381 e. The number of ether oxygens (including phenoxy) is 2. The maximum atomic E-state index is 13.1. The molecular formula is C17H23Cl3N2O3. The van der Waals surface area contributed by atoms with Crippen molar-refractivity contribution in [3.05, 3.63) is 33.8 Å². The molecule has 1 unspecified atom stereocenters. The van der Waals surface area contributed by atoms with E-state index in [1.54, 1.807) is 12.1 Å². The molecule has 2 saturated heterocycles. The van der Waals surface area contributed by atoms with Crippen LogP contribution in [0.2, 0.25) is 10.0 Å². The number of nitrogens with zero attached hydrogens (tertiary/aromatic N) is 1. The zero-order valence-corrected chi connectivity index (χ0v) is 16.2. The highest BCUT2D eigenvalue weighted by molar-refractivity contribution is 6.42. The standard InChI is InChI=1S/C17H22Cl2N2O3.ClH/c18-13-2-1-12(9-14(13)19)15-10-21(5-8-24-15)16(22)17(11-20)3-6-23-7-4-17;/h1-2,9,15H,3-8,10-11,20H2;1H. The van der Waals surface area contributed by atoms with Crippen LogP contribution in [0.5, 0.6) is 0 Å². The molecule has 0 radical (unpaired) electrons. The average Bonchev–Trinajstić information content (AvgIpc) is 2.64. The van der Waals surface area contributed by atoms with E-state index >= 15 is 0 Å². The van der Waals surface area contributed by atoms with E-state index in [0.717, 1.165) is 5.56 Å². The van der Waals surface area contributed by atoms with E-state index in [1.807, 2.05) is 11.0 Å².